The number of aliphatic carboxylic acids is 1. The first-order valence-electron chi connectivity index (χ1n) is 12.0. The fourth-order valence-corrected chi connectivity index (χ4v) is 5.69. The van der Waals surface area contributed by atoms with Crippen molar-refractivity contribution in [2.75, 3.05) is 18.4 Å². The summed E-state index contributed by atoms with van der Waals surface area (Å²) in [4.78, 5) is 18.3. The minimum atomic E-state index is -4.81. The second-order valence-electron chi connectivity index (χ2n) is 9.98. The number of sulfonamides is 1. The molecule has 0 amide bonds. The van der Waals surface area contributed by atoms with Gasteiger partial charge in [0.2, 0.25) is 16.0 Å². The van der Waals surface area contributed by atoms with Crippen LogP contribution in [0.3, 0.4) is 0 Å². The van der Waals surface area contributed by atoms with Crippen LogP contribution in [0.15, 0.2) is 41.7 Å². The molecule has 0 saturated carbocycles. The van der Waals surface area contributed by atoms with Gasteiger partial charge in [0.15, 0.2) is 0 Å². The molecule has 0 spiro atoms. The maximum Gasteiger partial charge on any atom is 0.419 e. The van der Waals surface area contributed by atoms with E-state index >= 15 is 0 Å². The van der Waals surface area contributed by atoms with E-state index in [1.54, 1.807) is 0 Å². The zero-order chi connectivity index (χ0) is 29.5. The van der Waals surface area contributed by atoms with Crippen molar-refractivity contribution in [1.29, 1.82) is 0 Å². The molecule has 0 bridgehead atoms. The molecule has 1 saturated heterocycles. The van der Waals surface area contributed by atoms with E-state index in [2.05, 4.69) is 20.4 Å². The standard InChI is InChI=1S/C24H26F4N6O5S/c1-23(2,37)13-33-12-15(10-30-33)20-17(24(26,27)28)11-29-22(32-20)31-19-4-3-16(9-18(19)25)40(38,39)34-7-5-14(6-8-34)21(35)36/h3-4,9-12,14,37H,5-8,13H2,1-2H3,(H,35,36)(H,29,31,32). The molecule has 16 heteroatoms. The van der Waals surface area contributed by atoms with Gasteiger partial charge in [0.05, 0.1) is 40.5 Å². The van der Waals surface area contributed by atoms with E-state index < -0.39 is 50.8 Å². The second kappa shape index (κ2) is 10.7. The molecule has 1 fully saturated rings. The molecule has 3 heterocycles. The molecule has 2 aromatic heterocycles. The Bertz CT molecular complexity index is 1510. The van der Waals surface area contributed by atoms with Crippen LogP contribution in [0.25, 0.3) is 11.3 Å². The molecular formula is C24H26F4N6O5S. The summed E-state index contributed by atoms with van der Waals surface area (Å²) in [7, 11) is -4.11. The predicted octanol–water partition coefficient (Wildman–Crippen LogP) is 3.50. The van der Waals surface area contributed by atoms with Gasteiger partial charge in [0.1, 0.15) is 11.4 Å². The summed E-state index contributed by atoms with van der Waals surface area (Å²) in [5.41, 5.74) is -3.17. The smallest absolute Gasteiger partial charge is 0.419 e. The summed E-state index contributed by atoms with van der Waals surface area (Å²) < 4.78 is 84.2. The van der Waals surface area contributed by atoms with E-state index in [1.165, 1.54) is 24.7 Å². The fourth-order valence-electron chi connectivity index (χ4n) is 4.21. The number of carboxylic acids is 1. The highest BCUT2D eigenvalue weighted by Crippen LogP contribution is 2.36. The van der Waals surface area contributed by atoms with Crippen LogP contribution in [0.2, 0.25) is 0 Å². The van der Waals surface area contributed by atoms with Gasteiger partial charge in [-0.25, -0.2) is 22.8 Å². The first-order chi connectivity index (χ1) is 18.5. The monoisotopic (exact) mass is 586 g/mol. The molecule has 3 aromatic rings. The van der Waals surface area contributed by atoms with Crippen LogP contribution in [0.4, 0.5) is 29.2 Å². The lowest BCUT2D eigenvalue weighted by Gasteiger charge is -2.29. The lowest BCUT2D eigenvalue weighted by atomic mass is 9.99. The van der Waals surface area contributed by atoms with Gasteiger partial charge >= 0.3 is 12.1 Å². The van der Waals surface area contributed by atoms with Gasteiger partial charge < -0.3 is 15.5 Å². The summed E-state index contributed by atoms with van der Waals surface area (Å²) in [5.74, 6) is -3.07. The van der Waals surface area contributed by atoms with Crippen molar-refractivity contribution < 1.29 is 41.0 Å². The minimum Gasteiger partial charge on any atom is -0.481 e. The van der Waals surface area contributed by atoms with Gasteiger partial charge in [-0.1, -0.05) is 0 Å². The summed E-state index contributed by atoms with van der Waals surface area (Å²) in [6.07, 6.45) is -1.60. The van der Waals surface area contributed by atoms with Gasteiger partial charge in [0.25, 0.3) is 0 Å². The van der Waals surface area contributed by atoms with Gasteiger partial charge in [-0.3, -0.25) is 9.48 Å². The number of carboxylic acid groups (broad SMARTS) is 1. The van der Waals surface area contributed by atoms with Crippen LogP contribution < -0.4 is 5.32 Å². The number of rotatable bonds is 8. The maximum atomic E-state index is 15.0. The third kappa shape index (κ3) is 6.56. The lowest BCUT2D eigenvalue weighted by molar-refractivity contribution is -0.143. The molecule has 0 atom stereocenters. The van der Waals surface area contributed by atoms with Crippen LogP contribution in [-0.2, 0) is 27.5 Å². The normalized spacial score (nSPS) is 15.8. The average Bonchev–Trinajstić information content (AvgIpc) is 3.31. The highest BCUT2D eigenvalue weighted by atomic mass is 32.2. The molecule has 216 valence electrons. The van der Waals surface area contributed by atoms with E-state index in [1.807, 2.05) is 0 Å². The molecular weight excluding hydrogens is 560 g/mol. The first kappa shape index (κ1) is 29.4. The zero-order valence-electron chi connectivity index (χ0n) is 21.4. The molecule has 3 N–H and O–H groups in total. The number of aromatic nitrogens is 4. The Kier molecular flexibility index (Phi) is 7.88. The molecule has 0 radical (unpaired) electrons. The number of anilines is 2. The Labute approximate surface area is 226 Å². The van der Waals surface area contributed by atoms with Crippen molar-refractivity contribution in [2.24, 2.45) is 5.92 Å². The average molecular weight is 587 g/mol. The minimum absolute atomic E-state index is 0.00256. The number of aliphatic hydroxyl groups is 1. The third-order valence-corrected chi connectivity index (χ3v) is 8.07. The van der Waals surface area contributed by atoms with Crippen molar-refractivity contribution >= 4 is 27.6 Å². The number of nitrogens with zero attached hydrogens (tertiary/aromatic N) is 5. The number of piperidine rings is 1. The summed E-state index contributed by atoms with van der Waals surface area (Å²) in [5, 5.41) is 25.5. The molecule has 1 aliphatic rings. The summed E-state index contributed by atoms with van der Waals surface area (Å²) in [6.45, 7) is 2.95. The molecule has 0 unspecified atom stereocenters. The van der Waals surface area contributed by atoms with Crippen molar-refractivity contribution in [3.63, 3.8) is 0 Å². The Morgan fingerprint density at radius 3 is 2.42 bits per heavy atom. The van der Waals surface area contributed by atoms with Crippen LogP contribution in [0.5, 0.6) is 0 Å². The Morgan fingerprint density at radius 1 is 1.18 bits per heavy atom. The van der Waals surface area contributed by atoms with E-state index in [0.717, 1.165) is 28.7 Å². The van der Waals surface area contributed by atoms with Gasteiger partial charge in [-0.05, 0) is 44.9 Å². The van der Waals surface area contributed by atoms with E-state index in [4.69, 9.17) is 5.11 Å². The molecule has 4 rings (SSSR count). The highest BCUT2D eigenvalue weighted by Gasteiger charge is 2.36. The molecule has 1 aliphatic heterocycles. The first-order valence-corrected chi connectivity index (χ1v) is 13.5. The predicted molar refractivity (Wildman–Crippen MR) is 133 cm³/mol. The number of benzene rings is 1. The SMILES string of the molecule is CC(C)(O)Cn1cc(-c2nc(Nc3ccc(S(=O)(=O)N4CCC(C(=O)O)CC4)cc3F)ncc2C(F)(F)F)cn1. The van der Waals surface area contributed by atoms with Crippen molar-refractivity contribution in [3.8, 4) is 11.3 Å². The van der Waals surface area contributed by atoms with Crippen LogP contribution in [0, 0.1) is 11.7 Å². The van der Waals surface area contributed by atoms with Gasteiger partial charge in [0, 0.05) is 31.0 Å². The Balaban J connectivity index is 1.59. The highest BCUT2D eigenvalue weighted by molar-refractivity contribution is 7.89. The lowest BCUT2D eigenvalue weighted by Crippen LogP contribution is -2.40. The number of carbonyl (C=O) groups is 1. The summed E-state index contributed by atoms with van der Waals surface area (Å²) >= 11 is 0. The van der Waals surface area contributed by atoms with Gasteiger partial charge in [-0.2, -0.15) is 22.6 Å². The molecule has 0 aliphatic carbocycles. The topological polar surface area (TPSA) is 151 Å². The van der Waals surface area contributed by atoms with E-state index in [9.17, 15) is 35.9 Å². The zero-order valence-corrected chi connectivity index (χ0v) is 22.2. The summed E-state index contributed by atoms with van der Waals surface area (Å²) in [6, 6.07) is 2.97. The van der Waals surface area contributed by atoms with Crippen molar-refractivity contribution in [3.05, 3.63) is 48.2 Å². The molecule has 1 aromatic carbocycles. The van der Waals surface area contributed by atoms with E-state index in [0.29, 0.717) is 6.20 Å². The fraction of sp³-hybridized carbons (Fsp3) is 0.417. The number of alkyl halides is 3. The van der Waals surface area contributed by atoms with Crippen molar-refractivity contribution in [2.45, 2.75) is 49.9 Å². The van der Waals surface area contributed by atoms with E-state index in [-0.39, 0.29) is 54.6 Å². The molecule has 11 nitrogen and oxygen atoms in total. The van der Waals surface area contributed by atoms with Crippen LogP contribution in [-0.4, -0.2) is 67.3 Å². The van der Waals surface area contributed by atoms with Crippen LogP contribution >= 0.6 is 0 Å². The second-order valence-corrected chi connectivity index (χ2v) is 11.9. The third-order valence-electron chi connectivity index (χ3n) is 6.18. The Morgan fingerprint density at radius 2 is 1.85 bits per heavy atom. The Hall–Kier alpha value is -3.63. The quantitative estimate of drug-likeness (QED) is 0.337. The number of hydrogen-bond acceptors (Lipinski definition) is 8. The van der Waals surface area contributed by atoms with Gasteiger partial charge in [-0.15, -0.1) is 0 Å². The largest absolute Gasteiger partial charge is 0.481 e. The van der Waals surface area contributed by atoms with Crippen LogP contribution in [0.1, 0.15) is 32.3 Å². The maximum absolute atomic E-state index is 15.0. The number of nitrogens with one attached hydrogen (secondary N) is 1. The molecule has 40 heavy (non-hydrogen) atoms. The number of halogens is 4. The number of hydrogen-bond donors (Lipinski definition) is 3. The van der Waals surface area contributed by atoms with Crippen molar-refractivity contribution in [1.82, 2.24) is 24.1 Å².